The Hall–Kier alpha value is -3.20. The fraction of sp³-hybridized carbons (Fsp3) is 0.0435. The number of benzene rings is 3. The molecule has 3 aromatic carbocycles. The SMILES string of the molecule is O=C(CNC(=O)c1cccc(Cl)c1)NN=Cc1cc(Br)ccc1OC(=O)c1ccccc1Cl. The summed E-state index contributed by atoms with van der Waals surface area (Å²) in [5.41, 5.74) is 3.27. The summed E-state index contributed by atoms with van der Waals surface area (Å²) in [4.78, 5) is 36.5. The predicted octanol–water partition coefficient (Wildman–Crippen LogP) is 4.86. The molecule has 10 heteroatoms. The lowest BCUT2D eigenvalue weighted by Crippen LogP contribution is -2.34. The van der Waals surface area contributed by atoms with E-state index < -0.39 is 17.8 Å². The summed E-state index contributed by atoms with van der Waals surface area (Å²) < 4.78 is 6.16. The summed E-state index contributed by atoms with van der Waals surface area (Å²) in [6.07, 6.45) is 1.32. The zero-order chi connectivity index (χ0) is 23.8. The number of ether oxygens (including phenoxy) is 1. The monoisotopic (exact) mass is 547 g/mol. The molecule has 0 spiro atoms. The summed E-state index contributed by atoms with van der Waals surface area (Å²) in [7, 11) is 0. The first kappa shape index (κ1) is 24.4. The van der Waals surface area contributed by atoms with E-state index in [0.717, 1.165) is 0 Å². The van der Waals surface area contributed by atoms with Crippen LogP contribution in [0.3, 0.4) is 0 Å². The summed E-state index contributed by atoms with van der Waals surface area (Å²) in [6.45, 7) is -0.296. The first-order valence-electron chi connectivity index (χ1n) is 9.45. The van der Waals surface area contributed by atoms with Crippen LogP contribution in [0.15, 0.2) is 76.3 Å². The molecule has 7 nitrogen and oxygen atoms in total. The van der Waals surface area contributed by atoms with Crippen LogP contribution in [0.2, 0.25) is 10.0 Å². The zero-order valence-corrected chi connectivity index (χ0v) is 19.9. The lowest BCUT2D eigenvalue weighted by Gasteiger charge is -2.09. The normalized spacial score (nSPS) is 10.6. The van der Waals surface area contributed by atoms with Crippen LogP contribution in [0, 0.1) is 0 Å². The molecule has 33 heavy (non-hydrogen) atoms. The number of hydrogen-bond acceptors (Lipinski definition) is 5. The second-order valence-corrected chi connectivity index (χ2v) is 8.30. The smallest absolute Gasteiger partial charge is 0.345 e. The van der Waals surface area contributed by atoms with Gasteiger partial charge in [0.1, 0.15) is 5.75 Å². The highest BCUT2D eigenvalue weighted by Crippen LogP contribution is 2.24. The van der Waals surface area contributed by atoms with Crippen molar-refractivity contribution in [2.24, 2.45) is 5.10 Å². The van der Waals surface area contributed by atoms with Crippen LogP contribution in [0.25, 0.3) is 0 Å². The molecular formula is C23H16BrCl2N3O4. The van der Waals surface area contributed by atoms with Gasteiger partial charge in [-0.25, -0.2) is 10.2 Å². The van der Waals surface area contributed by atoms with Gasteiger partial charge in [0.15, 0.2) is 0 Å². The molecule has 0 saturated heterocycles. The molecule has 0 heterocycles. The van der Waals surface area contributed by atoms with E-state index in [2.05, 4.69) is 31.8 Å². The van der Waals surface area contributed by atoms with E-state index in [4.69, 9.17) is 27.9 Å². The van der Waals surface area contributed by atoms with Crippen LogP contribution < -0.4 is 15.5 Å². The van der Waals surface area contributed by atoms with Crippen LogP contribution in [0.4, 0.5) is 0 Å². The third-order valence-corrected chi connectivity index (χ3v) is 5.22. The molecule has 0 aliphatic rings. The van der Waals surface area contributed by atoms with Gasteiger partial charge < -0.3 is 10.1 Å². The number of nitrogens with one attached hydrogen (secondary N) is 2. The van der Waals surface area contributed by atoms with E-state index in [1.807, 2.05) is 0 Å². The van der Waals surface area contributed by atoms with Crippen LogP contribution >= 0.6 is 39.1 Å². The first-order chi connectivity index (χ1) is 15.8. The Morgan fingerprint density at radius 2 is 1.79 bits per heavy atom. The van der Waals surface area contributed by atoms with Crippen molar-refractivity contribution in [1.29, 1.82) is 0 Å². The Kier molecular flexibility index (Phi) is 8.59. The molecular weight excluding hydrogens is 533 g/mol. The third-order valence-electron chi connectivity index (χ3n) is 4.16. The number of rotatable bonds is 7. The Morgan fingerprint density at radius 1 is 1.00 bits per heavy atom. The van der Waals surface area contributed by atoms with Crippen molar-refractivity contribution in [2.45, 2.75) is 0 Å². The summed E-state index contributed by atoms with van der Waals surface area (Å²) >= 11 is 15.2. The standard InChI is InChI=1S/C23H16BrCl2N3O4/c24-16-8-9-20(33-23(32)18-6-1-2-7-19(18)26)15(10-16)12-28-29-21(30)13-27-22(31)14-4-3-5-17(25)11-14/h1-12H,13H2,(H,27,31)(H,29,30). The Labute approximate surface area is 207 Å². The molecule has 0 radical (unpaired) electrons. The maximum absolute atomic E-state index is 12.5. The molecule has 168 valence electrons. The van der Waals surface area contributed by atoms with Gasteiger partial charge in [-0.2, -0.15) is 5.10 Å². The second kappa shape index (κ2) is 11.6. The largest absolute Gasteiger partial charge is 0.422 e. The van der Waals surface area contributed by atoms with Gasteiger partial charge in [0.2, 0.25) is 0 Å². The molecule has 2 amide bonds. The van der Waals surface area contributed by atoms with Gasteiger partial charge >= 0.3 is 5.97 Å². The van der Waals surface area contributed by atoms with Gasteiger partial charge in [0.25, 0.3) is 11.8 Å². The highest BCUT2D eigenvalue weighted by molar-refractivity contribution is 9.10. The number of halogens is 3. The van der Waals surface area contributed by atoms with Crippen molar-refractivity contribution < 1.29 is 19.1 Å². The Balaban J connectivity index is 1.60. The van der Waals surface area contributed by atoms with Crippen LogP contribution in [-0.2, 0) is 4.79 Å². The van der Waals surface area contributed by atoms with Crippen molar-refractivity contribution in [2.75, 3.05) is 6.54 Å². The average molecular weight is 549 g/mol. The average Bonchev–Trinajstić information content (AvgIpc) is 2.79. The highest BCUT2D eigenvalue weighted by Gasteiger charge is 2.14. The molecule has 0 bridgehead atoms. The fourth-order valence-electron chi connectivity index (χ4n) is 2.60. The molecule has 2 N–H and O–H groups in total. The summed E-state index contributed by atoms with van der Waals surface area (Å²) in [5.74, 6) is -1.41. The highest BCUT2D eigenvalue weighted by atomic mass is 79.9. The molecule has 0 fully saturated rings. The second-order valence-electron chi connectivity index (χ2n) is 6.54. The molecule has 0 aromatic heterocycles. The molecule has 0 atom stereocenters. The van der Waals surface area contributed by atoms with Crippen molar-refractivity contribution in [3.63, 3.8) is 0 Å². The van der Waals surface area contributed by atoms with Gasteiger partial charge in [-0.15, -0.1) is 0 Å². The number of carbonyl (C=O) groups excluding carboxylic acids is 3. The number of hydrogen-bond donors (Lipinski definition) is 2. The first-order valence-corrected chi connectivity index (χ1v) is 11.0. The molecule has 0 unspecified atom stereocenters. The number of hydrazone groups is 1. The number of amides is 2. The van der Waals surface area contributed by atoms with Crippen LogP contribution in [-0.4, -0.2) is 30.5 Å². The lowest BCUT2D eigenvalue weighted by molar-refractivity contribution is -0.120. The van der Waals surface area contributed by atoms with E-state index in [1.165, 1.54) is 12.3 Å². The minimum Gasteiger partial charge on any atom is -0.422 e. The number of nitrogens with zero attached hydrogens (tertiary/aromatic N) is 1. The fourth-order valence-corrected chi connectivity index (χ4v) is 3.38. The van der Waals surface area contributed by atoms with Crippen LogP contribution in [0.1, 0.15) is 26.3 Å². The van der Waals surface area contributed by atoms with Crippen molar-refractivity contribution in [3.05, 3.63) is 97.9 Å². The molecule has 3 rings (SSSR count). The van der Waals surface area contributed by atoms with E-state index in [9.17, 15) is 14.4 Å². The predicted molar refractivity (Wildman–Crippen MR) is 130 cm³/mol. The van der Waals surface area contributed by atoms with Gasteiger partial charge in [-0.1, -0.05) is 57.3 Å². The van der Waals surface area contributed by atoms with E-state index >= 15 is 0 Å². The minimum absolute atomic E-state index is 0.216. The van der Waals surface area contributed by atoms with Crippen molar-refractivity contribution in [3.8, 4) is 5.75 Å². The quantitative estimate of drug-likeness (QED) is 0.191. The minimum atomic E-state index is -0.634. The maximum Gasteiger partial charge on any atom is 0.345 e. The Morgan fingerprint density at radius 3 is 2.55 bits per heavy atom. The van der Waals surface area contributed by atoms with Crippen molar-refractivity contribution in [1.82, 2.24) is 10.7 Å². The van der Waals surface area contributed by atoms with E-state index in [-0.39, 0.29) is 22.9 Å². The zero-order valence-electron chi connectivity index (χ0n) is 16.8. The van der Waals surface area contributed by atoms with E-state index in [1.54, 1.807) is 60.7 Å². The summed E-state index contributed by atoms with van der Waals surface area (Å²) in [5, 5.41) is 7.02. The third kappa shape index (κ3) is 7.15. The molecule has 0 aliphatic carbocycles. The van der Waals surface area contributed by atoms with Gasteiger partial charge in [0, 0.05) is 20.6 Å². The molecule has 3 aromatic rings. The van der Waals surface area contributed by atoms with Gasteiger partial charge in [-0.3, -0.25) is 9.59 Å². The molecule has 0 aliphatic heterocycles. The van der Waals surface area contributed by atoms with Crippen molar-refractivity contribution >= 4 is 63.1 Å². The summed E-state index contributed by atoms with van der Waals surface area (Å²) in [6, 6.07) is 17.8. The van der Waals surface area contributed by atoms with Gasteiger partial charge in [-0.05, 0) is 48.5 Å². The maximum atomic E-state index is 12.5. The number of esters is 1. The van der Waals surface area contributed by atoms with E-state index in [0.29, 0.717) is 20.6 Å². The lowest BCUT2D eigenvalue weighted by atomic mass is 10.2. The Bertz CT molecular complexity index is 1230. The topological polar surface area (TPSA) is 96.9 Å². The molecule has 0 saturated carbocycles. The number of carbonyl (C=O) groups is 3. The van der Waals surface area contributed by atoms with Crippen LogP contribution in [0.5, 0.6) is 5.75 Å². The van der Waals surface area contributed by atoms with Gasteiger partial charge in [0.05, 0.1) is 23.3 Å².